The Balaban J connectivity index is 2.19. The van der Waals surface area contributed by atoms with Crippen molar-refractivity contribution < 1.29 is 9.53 Å². The highest BCUT2D eigenvalue weighted by atomic mass is 32.1. The Hall–Kier alpha value is -3.00. The molecular formula is C20H21N3O4S. The quantitative estimate of drug-likeness (QED) is 0.486. The Kier molecular flexibility index (Phi) is 5.08. The largest absolute Gasteiger partial charge is 0.461 e. The maximum Gasteiger partial charge on any atom is 0.335 e. The van der Waals surface area contributed by atoms with Crippen LogP contribution in [-0.2, 0) is 22.0 Å². The van der Waals surface area contributed by atoms with E-state index in [1.165, 1.54) is 28.2 Å². The third-order valence-corrected chi connectivity index (χ3v) is 5.53. The van der Waals surface area contributed by atoms with E-state index in [4.69, 9.17) is 4.74 Å². The minimum atomic E-state index is -0.997. The van der Waals surface area contributed by atoms with Crippen LogP contribution in [0.5, 0.6) is 0 Å². The molecule has 3 aromatic rings. The second-order valence-electron chi connectivity index (χ2n) is 7.02. The summed E-state index contributed by atoms with van der Waals surface area (Å²) >= 11 is 1.25. The van der Waals surface area contributed by atoms with Crippen molar-refractivity contribution in [1.82, 2.24) is 13.5 Å². The van der Waals surface area contributed by atoms with Crippen molar-refractivity contribution in [3.63, 3.8) is 0 Å². The summed E-state index contributed by atoms with van der Waals surface area (Å²) in [5.41, 5.74) is -0.289. The number of rotatable bonds is 5. The van der Waals surface area contributed by atoms with E-state index in [1.54, 1.807) is 46.0 Å². The zero-order valence-electron chi connectivity index (χ0n) is 16.2. The number of hydrogen-bond donors (Lipinski definition) is 0. The van der Waals surface area contributed by atoms with Gasteiger partial charge in [-0.1, -0.05) is 12.7 Å². The fraction of sp³-hybridized carbons (Fsp3) is 0.300. The van der Waals surface area contributed by atoms with Gasteiger partial charge >= 0.3 is 11.7 Å². The lowest BCUT2D eigenvalue weighted by atomic mass is 9.87. The van der Waals surface area contributed by atoms with Gasteiger partial charge in [0.2, 0.25) is 0 Å². The number of benzene rings is 1. The summed E-state index contributed by atoms with van der Waals surface area (Å²) in [4.78, 5) is 37.6. The molecule has 0 bridgehead atoms. The average molecular weight is 399 g/mol. The molecule has 0 atom stereocenters. The maximum atomic E-state index is 12.6. The number of nitrogens with zero attached hydrogens (tertiary/aromatic N) is 3. The molecule has 3 rings (SSSR count). The Morgan fingerprint density at radius 2 is 2.04 bits per heavy atom. The first kappa shape index (κ1) is 19.8. The summed E-state index contributed by atoms with van der Waals surface area (Å²) in [5, 5.41) is 0.706. The summed E-state index contributed by atoms with van der Waals surface area (Å²) in [6, 6.07) is 6.62. The van der Waals surface area contributed by atoms with Crippen LogP contribution < -0.4 is 11.2 Å². The Labute approximate surface area is 165 Å². The normalized spacial score (nSPS) is 11.6. The van der Waals surface area contributed by atoms with Gasteiger partial charge < -0.3 is 9.30 Å². The first-order valence-electron chi connectivity index (χ1n) is 8.66. The number of esters is 1. The van der Waals surface area contributed by atoms with Crippen LogP contribution in [0, 0.1) is 6.92 Å². The van der Waals surface area contributed by atoms with Gasteiger partial charge in [-0.25, -0.2) is 9.36 Å². The third-order valence-electron chi connectivity index (χ3n) is 4.71. The predicted octanol–water partition coefficient (Wildman–Crippen LogP) is 2.46. The minimum absolute atomic E-state index is 0.115. The van der Waals surface area contributed by atoms with E-state index < -0.39 is 22.6 Å². The molecule has 0 N–H and O–H groups in total. The van der Waals surface area contributed by atoms with Gasteiger partial charge in [0.25, 0.3) is 5.56 Å². The first-order chi connectivity index (χ1) is 13.2. The molecule has 0 aliphatic carbocycles. The highest BCUT2D eigenvalue weighted by Gasteiger charge is 2.35. The summed E-state index contributed by atoms with van der Waals surface area (Å²) in [7, 11) is 1.61. The summed E-state index contributed by atoms with van der Waals surface area (Å²) in [6.45, 7) is 8.83. The lowest BCUT2D eigenvalue weighted by Gasteiger charge is -2.20. The third kappa shape index (κ3) is 3.20. The molecular weight excluding hydrogens is 378 g/mol. The molecule has 0 aliphatic rings. The van der Waals surface area contributed by atoms with E-state index in [-0.39, 0.29) is 6.61 Å². The molecule has 0 aliphatic heterocycles. The molecule has 8 heteroatoms. The molecule has 7 nitrogen and oxygen atoms in total. The molecule has 0 radical (unpaired) electrons. The standard InChI is InChI=1S/C20H21N3O4S/c1-6-9-27-18(25)20(3,4)17-14-11-13(7-8-15(14)28-21-17)23-16(24)10-12(2)22(5)19(23)26/h6-8,10-11H,1,9H2,2-5H3. The predicted molar refractivity (Wildman–Crippen MR) is 109 cm³/mol. The Morgan fingerprint density at radius 3 is 2.71 bits per heavy atom. The van der Waals surface area contributed by atoms with Crippen LogP contribution >= 0.6 is 11.5 Å². The van der Waals surface area contributed by atoms with Gasteiger partial charge in [-0.3, -0.25) is 9.59 Å². The van der Waals surface area contributed by atoms with E-state index >= 15 is 0 Å². The van der Waals surface area contributed by atoms with Crippen LogP contribution in [-0.4, -0.2) is 26.1 Å². The van der Waals surface area contributed by atoms with Gasteiger partial charge in [0.05, 0.1) is 16.1 Å². The van der Waals surface area contributed by atoms with Crippen molar-refractivity contribution in [2.24, 2.45) is 7.05 Å². The van der Waals surface area contributed by atoms with Crippen LogP contribution in [0.4, 0.5) is 0 Å². The van der Waals surface area contributed by atoms with Crippen LogP contribution in [0.1, 0.15) is 25.2 Å². The summed E-state index contributed by atoms with van der Waals surface area (Å²) < 4.78 is 13.0. The van der Waals surface area contributed by atoms with E-state index in [9.17, 15) is 14.4 Å². The number of fused-ring (bicyclic) bond motifs is 1. The van der Waals surface area contributed by atoms with Gasteiger partial charge in [-0.15, -0.1) is 0 Å². The summed E-state index contributed by atoms with van der Waals surface area (Å²) in [6.07, 6.45) is 1.50. The van der Waals surface area contributed by atoms with Gasteiger partial charge in [0.1, 0.15) is 12.0 Å². The second-order valence-corrected chi connectivity index (χ2v) is 7.83. The van der Waals surface area contributed by atoms with Gasteiger partial charge in [0, 0.05) is 24.2 Å². The highest BCUT2D eigenvalue weighted by molar-refractivity contribution is 7.13. The Bertz CT molecular complexity index is 1200. The molecule has 2 aromatic heterocycles. The van der Waals surface area contributed by atoms with E-state index in [0.717, 1.165) is 9.27 Å². The minimum Gasteiger partial charge on any atom is -0.461 e. The lowest BCUT2D eigenvalue weighted by molar-refractivity contribution is -0.148. The van der Waals surface area contributed by atoms with E-state index in [2.05, 4.69) is 11.0 Å². The van der Waals surface area contributed by atoms with Crippen molar-refractivity contribution in [2.45, 2.75) is 26.2 Å². The molecule has 0 saturated heterocycles. The molecule has 0 amide bonds. The second kappa shape index (κ2) is 7.20. The average Bonchev–Trinajstić information content (AvgIpc) is 3.08. The zero-order valence-corrected chi connectivity index (χ0v) is 17.0. The number of hydrogen-bond acceptors (Lipinski definition) is 6. The summed E-state index contributed by atoms with van der Waals surface area (Å²) in [5.74, 6) is -0.423. The molecule has 0 saturated carbocycles. The number of carbonyl (C=O) groups is 1. The van der Waals surface area contributed by atoms with Gasteiger partial charge in [-0.05, 0) is 50.5 Å². The van der Waals surface area contributed by atoms with Crippen LogP contribution in [0.2, 0.25) is 0 Å². The zero-order chi connectivity index (χ0) is 20.6. The van der Waals surface area contributed by atoms with Crippen molar-refractivity contribution in [3.05, 3.63) is 69.1 Å². The number of aryl methyl sites for hydroxylation is 1. The van der Waals surface area contributed by atoms with Crippen molar-refractivity contribution in [2.75, 3.05) is 6.61 Å². The SMILES string of the molecule is C=CCOC(=O)C(C)(C)c1nsc2ccc(-n3c(=O)cc(C)n(C)c3=O)cc12. The molecule has 0 fully saturated rings. The monoisotopic (exact) mass is 399 g/mol. The fourth-order valence-electron chi connectivity index (χ4n) is 2.90. The van der Waals surface area contributed by atoms with E-state index in [0.29, 0.717) is 22.5 Å². The fourth-order valence-corrected chi connectivity index (χ4v) is 3.80. The molecule has 0 unspecified atom stereocenters. The van der Waals surface area contributed by atoms with Crippen LogP contribution in [0.25, 0.3) is 15.8 Å². The van der Waals surface area contributed by atoms with E-state index in [1.807, 2.05) is 0 Å². The number of ether oxygens (including phenoxy) is 1. The first-order valence-corrected chi connectivity index (χ1v) is 9.44. The highest BCUT2D eigenvalue weighted by Crippen LogP contribution is 2.34. The topological polar surface area (TPSA) is 83.2 Å². The van der Waals surface area contributed by atoms with Crippen LogP contribution in [0.15, 0.2) is 46.5 Å². The molecule has 0 spiro atoms. The lowest BCUT2D eigenvalue weighted by Crippen LogP contribution is -2.38. The molecule has 28 heavy (non-hydrogen) atoms. The molecule has 2 heterocycles. The Morgan fingerprint density at radius 1 is 1.32 bits per heavy atom. The smallest absolute Gasteiger partial charge is 0.335 e. The van der Waals surface area contributed by atoms with Gasteiger partial charge in [0.15, 0.2) is 0 Å². The number of carbonyl (C=O) groups excluding carboxylic acids is 1. The number of aromatic nitrogens is 3. The molecule has 146 valence electrons. The van der Waals surface area contributed by atoms with Crippen LogP contribution in [0.3, 0.4) is 0 Å². The van der Waals surface area contributed by atoms with Crippen molar-refractivity contribution >= 4 is 27.6 Å². The van der Waals surface area contributed by atoms with Crippen molar-refractivity contribution in [1.29, 1.82) is 0 Å². The maximum absolute atomic E-state index is 12.6. The van der Waals surface area contributed by atoms with Crippen molar-refractivity contribution in [3.8, 4) is 5.69 Å². The van der Waals surface area contributed by atoms with Gasteiger partial charge in [-0.2, -0.15) is 4.37 Å². The molecule has 1 aromatic carbocycles.